The van der Waals surface area contributed by atoms with Gasteiger partial charge in [0.05, 0.1) is 17.7 Å². The lowest BCUT2D eigenvalue weighted by atomic mass is 10.0. The van der Waals surface area contributed by atoms with Gasteiger partial charge in [-0.2, -0.15) is 5.26 Å². The molecule has 39 heavy (non-hydrogen) atoms. The number of nitriles is 1. The Morgan fingerprint density at radius 1 is 1.13 bits per heavy atom. The number of anilines is 1. The van der Waals surface area contributed by atoms with E-state index in [0.29, 0.717) is 6.42 Å². The van der Waals surface area contributed by atoms with E-state index in [1.807, 2.05) is 30.3 Å². The molecule has 2 aromatic carbocycles. The molecule has 4 rings (SSSR count). The second-order valence-electron chi connectivity index (χ2n) is 9.98. The zero-order valence-electron chi connectivity index (χ0n) is 21.4. The molecule has 0 spiro atoms. The highest BCUT2D eigenvalue weighted by atomic mass is 79.9. The highest BCUT2D eigenvalue weighted by Crippen LogP contribution is 2.34. The fraction of sp³-hybridized carbons (Fsp3) is 0.296. The minimum absolute atomic E-state index is 0.0356. The summed E-state index contributed by atoms with van der Waals surface area (Å²) >= 11 is 3.41. The molecule has 1 aromatic heterocycles. The Labute approximate surface area is 232 Å². The Morgan fingerprint density at radius 2 is 1.85 bits per heavy atom. The minimum atomic E-state index is -0.962. The summed E-state index contributed by atoms with van der Waals surface area (Å²) < 4.78 is 21.9. The summed E-state index contributed by atoms with van der Waals surface area (Å²) in [5.74, 6) is -2.49. The van der Waals surface area contributed by atoms with Gasteiger partial charge in [0.15, 0.2) is 5.82 Å². The van der Waals surface area contributed by atoms with Crippen LogP contribution in [0.25, 0.3) is 5.69 Å². The lowest BCUT2D eigenvalue weighted by molar-refractivity contribution is -0.136. The maximum absolute atomic E-state index is 14.3. The molecule has 0 bridgehead atoms. The molecular weight excluding hydrogens is 571 g/mol. The number of aromatic nitrogens is 2. The third-order valence-corrected chi connectivity index (χ3v) is 6.41. The average Bonchev–Trinajstić information content (AvgIpc) is 3.50. The molecule has 1 saturated heterocycles. The van der Waals surface area contributed by atoms with Crippen molar-refractivity contribution in [1.29, 1.82) is 5.26 Å². The van der Waals surface area contributed by atoms with Gasteiger partial charge in [-0.05, 0) is 63.1 Å². The normalized spacial score (nSPS) is 16.9. The fourth-order valence-corrected chi connectivity index (χ4v) is 4.44. The van der Waals surface area contributed by atoms with Crippen LogP contribution in [-0.2, 0) is 14.3 Å². The predicted molar refractivity (Wildman–Crippen MR) is 143 cm³/mol. The number of ether oxygens (including phenoxy) is 1. The van der Waals surface area contributed by atoms with Crippen molar-refractivity contribution in [3.63, 3.8) is 0 Å². The standard InChI is InChI=1S/C27H26BrFN6O4/c1-27(2,3)39-26(38)34-15-19(13-22(34)17-5-7-18(28)8-6-17)31-24(36)25(37)32-23-10-11-35(33-23)21-9-4-16(14-30)12-20(21)29/h4-12,19,22H,13,15H2,1-3H3,(H,31,36)(H,32,33,37). The van der Waals surface area contributed by atoms with Crippen LogP contribution >= 0.6 is 15.9 Å². The first-order valence-corrected chi connectivity index (χ1v) is 12.9. The van der Waals surface area contributed by atoms with Gasteiger partial charge in [0, 0.05) is 29.3 Å². The summed E-state index contributed by atoms with van der Waals surface area (Å²) in [5, 5.41) is 18.1. The third-order valence-electron chi connectivity index (χ3n) is 5.88. The first kappa shape index (κ1) is 27.8. The van der Waals surface area contributed by atoms with Crippen LogP contribution in [0.4, 0.5) is 15.0 Å². The molecule has 0 radical (unpaired) electrons. The van der Waals surface area contributed by atoms with Crippen molar-refractivity contribution < 1.29 is 23.5 Å². The topological polar surface area (TPSA) is 129 Å². The summed E-state index contributed by atoms with van der Waals surface area (Å²) in [6.07, 6.45) is 1.28. The van der Waals surface area contributed by atoms with Crippen LogP contribution in [0, 0.1) is 17.1 Å². The molecule has 1 aliphatic rings. The number of likely N-dealkylation sites (tertiary alicyclic amines) is 1. The highest BCUT2D eigenvalue weighted by molar-refractivity contribution is 9.10. The maximum Gasteiger partial charge on any atom is 0.410 e. The van der Waals surface area contributed by atoms with E-state index in [-0.39, 0.29) is 29.7 Å². The van der Waals surface area contributed by atoms with Crippen LogP contribution in [-0.4, -0.2) is 50.8 Å². The molecule has 3 amide bonds. The van der Waals surface area contributed by atoms with Crippen molar-refractivity contribution in [3.05, 3.63) is 76.1 Å². The van der Waals surface area contributed by atoms with Gasteiger partial charge in [-0.1, -0.05) is 28.1 Å². The van der Waals surface area contributed by atoms with E-state index in [9.17, 15) is 18.8 Å². The molecule has 2 atom stereocenters. The van der Waals surface area contributed by atoms with E-state index in [1.54, 1.807) is 25.7 Å². The second-order valence-corrected chi connectivity index (χ2v) is 10.9. The number of rotatable bonds is 4. The Morgan fingerprint density at radius 3 is 2.49 bits per heavy atom. The monoisotopic (exact) mass is 596 g/mol. The molecule has 2 N–H and O–H groups in total. The van der Waals surface area contributed by atoms with Crippen LogP contribution < -0.4 is 10.6 Å². The zero-order valence-corrected chi connectivity index (χ0v) is 23.0. The van der Waals surface area contributed by atoms with Gasteiger partial charge in [0.2, 0.25) is 0 Å². The van der Waals surface area contributed by atoms with Gasteiger partial charge in [0.1, 0.15) is 17.1 Å². The van der Waals surface area contributed by atoms with Gasteiger partial charge >= 0.3 is 17.9 Å². The van der Waals surface area contributed by atoms with Crippen LogP contribution in [0.15, 0.2) is 59.2 Å². The molecule has 10 nitrogen and oxygen atoms in total. The average molecular weight is 597 g/mol. The maximum atomic E-state index is 14.3. The summed E-state index contributed by atoms with van der Waals surface area (Å²) in [5.41, 5.74) is 0.400. The number of nitrogens with zero attached hydrogens (tertiary/aromatic N) is 4. The van der Waals surface area contributed by atoms with Crippen LogP contribution in [0.1, 0.15) is 44.4 Å². The number of halogens is 2. The Kier molecular flexibility index (Phi) is 8.01. The van der Waals surface area contributed by atoms with Crippen LogP contribution in [0.3, 0.4) is 0 Å². The van der Waals surface area contributed by atoms with E-state index >= 15 is 0 Å². The Bertz CT molecular complexity index is 1440. The van der Waals surface area contributed by atoms with Gasteiger partial charge < -0.3 is 15.4 Å². The molecular formula is C27H26BrFN6O4. The zero-order chi connectivity index (χ0) is 28.3. The Balaban J connectivity index is 1.42. The molecule has 1 fully saturated rings. The molecule has 0 saturated carbocycles. The number of carbonyl (C=O) groups is 3. The molecule has 3 aromatic rings. The first-order valence-electron chi connectivity index (χ1n) is 12.1. The van der Waals surface area contributed by atoms with Gasteiger partial charge in [0.25, 0.3) is 0 Å². The van der Waals surface area contributed by atoms with E-state index in [2.05, 4.69) is 31.7 Å². The molecule has 0 aliphatic carbocycles. The quantitative estimate of drug-likeness (QED) is 0.428. The largest absolute Gasteiger partial charge is 0.444 e. The lowest BCUT2D eigenvalue weighted by Gasteiger charge is -2.28. The summed E-state index contributed by atoms with van der Waals surface area (Å²) in [6.45, 7) is 5.48. The van der Waals surface area contributed by atoms with E-state index in [4.69, 9.17) is 10.00 Å². The lowest BCUT2D eigenvalue weighted by Crippen LogP contribution is -2.44. The molecule has 2 heterocycles. The van der Waals surface area contributed by atoms with Gasteiger partial charge in [-0.3, -0.25) is 14.5 Å². The number of hydrogen-bond acceptors (Lipinski definition) is 6. The second kappa shape index (κ2) is 11.2. The van der Waals surface area contributed by atoms with Crippen LogP contribution in [0.5, 0.6) is 0 Å². The number of carbonyl (C=O) groups excluding carboxylic acids is 3. The van der Waals surface area contributed by atoms with Crippen molar-refractivity contribution in [3.8, 4) is 11.8 Å². The SMILES string of the molecule is CC(C)(C)OC(=O)N1CC(NC(=O)C(=O)Nc2ccn(-c3ccc(C#N)cc3F)n2)CC1c1ccc(Br)cc1. The summed E-state index contributed by atoms with van der Waals surface area (Å²) in [4.78, 5) is 39.8. The van der Waals surface area contributed by atoms with Crippen molar-refractivity contribution in [2.45, 2.75) is 44.9 Å². The summed E-state index contributed by atoms with van der Waals surface area (Å²) in [6, 6.07) is 13.8. The highest BCUT2D eigenvalue weighted by Gasteiger charge is 2.39. The number of amides is 3. The number of benzene rings is 2. The van der Waals surface area contributed by atoms with E-state index in [0.717, 1.165) is 16.1 Å². The minimum Gasteiger partial charge on any atom is -0.444 e. The summed E-state index contributed by atoms with van der Waals surface area (Å²) in [7, 11) is 0. The molecule has 1 aliphatic heterocycles. The molecule has 12 heteroatoms. The first-order chi connectivity index (χ1) is 18.4. The molecule has 2 unspecified atom stereocenters. The fourth-order valence-electron chi connectivity index (χ4n) is 4.17. The Hall–Kier alpha value is -4.24. The van der Waals surface area contributed by atoms with Crippen molar-refractivity contribution in [2.24, 2.45) is 0 Å². The van der Waals surface area contributed by atoms with Crippen molar-refractivity contribution >= 4 is 39.7 Å². The van der Waals surface area contributed by atoms with E-state index < -0.39 is 35.4 Å². The van der Waals surface area contributed by atoms with Gasteiger partial charge in [-0.25, -0.2) is 13.9 Å². The van der Waals surface area contributed by atoms with Crippen molar-refractivity contribution in [1.82, 2.24) is 20.0 Å². The predicted octanol–water partition coefficient (Wildman–Crippen LogP) is 4.45. The van der Waals surface area contributed by atoms with Crippen LogP contribution in [0.2, 0.25) is 0 Å². The third kappa shape index (κ3) is 6.80. The van der Waals surface area contributed by atoms with Crippen molar-refractivity contribution in [2.75, 3.05) is 11.9 Å². The smallest absolute Gasteiger partial charge is 0.410 e. The van der Waals surface area contributed by atoms with Gasteiger partial charge in [-0.15, -0.1) is 5.10 Å². The molecule has 202 valence electrons. The number of nitrogens with one attached hydrogen (secondary N) is 2. The van der Waals surface area contributed by atoms with E-state index in [1.165, 1.54) is 29.1 Å². The number of hydrogen-bond donors (Lipinski definition) is 2.